The summed E-state index contributed by atoms with van der Waals surface area (Å²) in [4.78, 5) is 3.80. The van der Waals surface area contributed by atoms with Gasteiger partial charge in [-0.15, -0.1) is 11.3 Å². The van der Waals surface area contributed by atoms with Crippen LogP contribution in [0.2, 0.25) is 0 Å². The van der Waals surface area contributed by atoms with Crippen LogP contribution in [0.4, 0.5) is 0 Å². The number of likely N-dealkylation sites (N-methyl/N-ethyl adjacent to an activating group) is 1. The number of nitrogens with two attached hydrogens (primary N) is 1. The first-order valence-corrected chi connectivity index (χ1v) is 5.54. The maximum Gasteiger partial charge on any atom is 0.0257 e. The summed E-state index contributed by atoms with van der Waals surface area (Å²) < 4.78 is 0. The van der Waals surface area contributed by atoms with Crippen molar-refractivity contribution in [3.63, 3.8) is 0 Å². The second kappa shape index (κ2) is 3.40. The minimum absolute atomic E-state index is 0.322. The molecule has 0 saturated carbocycles. The summed E-state index contributed by atoms with van der Waals surface area (Å²) >= 11 is 1.85. The Labute approximate surface area is 83.4 Å². The molecule has 2 N–H and O–H groups in total. The normalized spacial score (nSPS) is 29.8. The summed E-state index contributed by atoms with van der Waals surface area (Å²) in [6, 6.07) is 2.51. The first-order valence-electron chi connectivity index (χ1n) is 4.66. The average molecular weight is 196 g/mol. The Hall–Kier alpha value is -0.380. The van der Waals surface area contributed by atoms with Gasteiger partial charge in [0.05, 0.1) is 0 Å². The maximum absolute atomic E-state index is 6.09. The van der Waals surface area contributed by atoms with Crippen molar-refractivity contribution in [2.45, 2.75) is 18.9 Å². The van der Waals surface area contributed by atoms with Crippen LogP contribution in [0, 0.1) is 6.92 Å². The summed E-state index contributed by atoms with van der Waals surface area (Å²) in [6.45, 7) is 4.32. The average Bonchev–Trinajstić information content (AvgIpc) is 2.58. The summed E-state index contributed by atoms with van der Waals surface area (Å²) in [5.41, 5.74) is 7.50. The van der Waals surface area contributed by atoms with Crippen LogP contribution in [-0.4, -0.2) is 31.1 Å². The van der Waals surface area contributed by atoms with Crippen molar-refractivity contribution in [1.29, 1.82) is 0 Å². The minimum Gasteiger partial charge on any atom is -0.326 e. The topological polar surface area (TPSA) is 29.3 Å². The highest BCUT2D eigenvalue weighted by Gasteiger charge is 2.30. The van der Waals surface area contributed by atoms with Crippen molar-refractivity contribution in [3.8, 4) is 0 Å². The van der Waals surface area contributed by atoms with Crippen molar-refractivity contribution in [2.24, 2.45) is 5.73 Å². The lowest BCUT2D eigenvalue weighted by atomic mass is 10.0. The van der Waals surface area contributed by atoms with Gasteiger partial charge in [0.1, 0.15) is 0 Å². The molecule has 72 valence electrons. The highest BCUT2D eigenvalue weighted by Crippen LogP contribution is 2.31. The molecule has 1 aliphatic heterocycles. The Morgan fingerprint density at radius 2 is 2.31 bits per heavy atom. The zero-order valence-corrected chi connectivity index (χ0v) is 8.97. The second-order valence-corrected chi connectivity index (χ2v) is 4.91. The van der Waals surface area contributed by atoms with E-state index in [-0.39, 0.29) is 0 Å². The van der Waals surface area contributed by atoms with Crippen LogP contribution in [0.3, 0.4) is 0 Å². The van der Waals surface area contributed by atoms with Gasteiger partial charge in [-0.2, -0.15) is 0 Å². The van der Waals surface area contributed by atoms with E-state index in [0.717, 1.165) is 13.1 Å². The Bertz CT molecular complexity index is 295. The molecule has 2 heterocycles. The van der Waals surface area contributed by atoms with E-state index in [1.165, 1.54) is 10.4 Å². The van der Waals surface area contributed by atoms with E-state index in [0.29, 0.717) is 12.0 Å². The fourth-order valence-electron chi connectivity index (χ4n) is 2.07. The zero-order valence-electron chi connectivity index (χ0n) is 8.16. The molecule has 1 fully saturated rings. The number of thiophene rings is 1. The molecule has 0 aromatic carbocycles. The van der Waals surface area contributed by atoms with Gasteiger partial charge in [-0.1, -0.05) is 0 Å². The largest absolute Gasteiger partial charge is 0.326 e. The van der Waals surface area contributed by atoms with E-state index in [9.17, 15) is 0 Å². The molecule has 0 unspecified atom stereocenters. The van der Waals surface area contributed by atoms with Crippen LogP contribution in [0.25, 0.3) is 0 Å². The van der Waals surface area contributed by atoms with Gasteiger partial charge in [-0.25, -0.2) is 0 Å². The fraction of sp³-hybridized carbons (Fsp3) is 0.600. The van der Waals surface area contributed by atoms with Gasteiger partial charge in [0.15, 0.2) is 0 Å². The van der Waals surface area contributed by atoms with Gasteiger partial charge < -0.3 is 10.6 Å². The number of hydrogen-bond donors (Lipinski definition) is 1. The molecule has 0 radical (unpaired) electrons. The smallest absolute Gasteiger partial charge is 0.0257 e. The lowest BCUT2D eigenvalue weighted by Gasteiger charge is -2.13. The molecule has 0 amide bonds. The van der Waals surface area contributed by atoms with Crippen LogP contribution in [0.15, 0.2) is 11.4 Å². The molecular formula is C10H16N2S. The molecule has 1 aromatic rings. The molecule has 0 bridgehead atoms. The van der Waals surface area contributed by atoms with Crippen molar-refractivity contribution in [2.75, 3.05) is 20.1 Å². The van der Waals surface area contributed by atoms with E-state index in [4.69, 9.17) is 5.73 Å². The Kier molecular flexibility index (Phi) is 2.41. The minimum atomic E-state index is 0.322. The van der Waals surface area contributed by atoms with Gasteiger partial charge in [-0.05, 0) is 31.0 Å². The van der Waals surface area contributed by atoms with Crippen molar-refractivity contribution in [1.82, 2.24) is 4.90 Å². The van der Waals surface area contributed by atoms with Crippen LogP contribution in [-0.2, 0) is 0 Å². The third-order valence-electron chi connectivity index (χ3n) is 2.79. The molecule has 2 nitrogen and oxygen atoms in total. The van der Waals surface area contributed by atoms with Crippen LogP contribution in [0.5, 0.6) is 0 Å². The molecule has 2 atom stereocenters. The molecule has 13 heavy (non-hydrogen) atoms. The lowest BCUT2D eigenvalue weighted by Crippen LogP contribution is -2.27. The quantitative estimate of drug-likeness (QED) is 0.736. The second-order valence-electron chi connectivity index (χ2n) is 3.96. The Balaban J connectivity index is 2.22. The van der Waals surface area contributed by atoms with Crippen LogP contribution < -0.4 is 5.73 Å². The summed E-state index contributed by atoms with van der Waals surface area (Å²) in [6.07, 6.45) is 0. The van der Waals surface area contributed by atoms with Crippen molar-refractivity contribution >= 4 is 11.3 Å². The number of hydrogen-bond acceptors (Lipinski definition) is 3. The van der Waals surface area contributed by atoms with E-state index in [2.05, 4.69) is 30.3 Å². The third-order valence-corrected chi connectivity index (χ3v) is 3.94. The Morgan fingerprint density at radius 3 is 2.77 bits per heavy atom. The highest BCUT2D eigenvalue weighted by molar-refractivity contribution is 7.10. The monoisotopic (exact) mass is 196 g/mol. The van der Waals surface area contributed by atoms with Gasteiger partial charge in [0, 0.05) is 29.9 Å². The molecule has 3 heteroatoms. The lowest BCUT2D eigenvalue weighted by molar-refractivity contribution is 0.408. The molecular weight excluding hydrogens is 180 g/mol. The summed E-state index contributed by atoms with van der Waals surface area (Å²) in [5, 5.41) is 2.16. The molecule has 0 spiro atoms. The molecule has 0 aliphatic carbocycles. The van der Waals surface area contributed by atoms with E-state index in [1.54, 1.807) is 0 Å². The summed E-state index contributed by atoms with van der Waals surface area (Å²) in [7, 11) is 2.14. The Morgan fingerprint density at radius 1 is 1.54 bits per heavy atom. The predicted molar refractivity (Wildman–Crippen MR) is 57.3 cm³/mol. The third kappa shape index (κ3) is 1.64. The van der Waals surface area contributed by atoms with Gasteiger partial charge in [-0.3, -0.25) is 0 Å². The van der Waals surface area contributed by atoms with Gasteiger partial charge in [0.2, 0.25) is 0 Å². The number of nitrogens with zero attached hydrogens (tertiary/aromatic N) is 1. The fourth-order valence-corrected chi connectivity index (χ4v) is 3.17. The van der Waals surface area contributed by atoms with E-state index < -0.39 is 0 Å². The van der Waals surface area contributed by atoms with Gasteiger partial charge in [0.25, 0.3) is 0 Å². The molecule has 2 rings (SSSR count). The van der Waals surface area contributed by atoms with Crippen LogP contribution in [0.1, 0.15) is 16.4 Å². The van der Waals surface area contributed by atoms with Crippen molar-refractivity contribution in [3.05, 3.63) is 21.9 Å². The summed E-state index contributed by atoms with van der Waals surface area (Å²) in [5.74, 6) is 0.560. The molecule has 1 aliphatic rings. The first kappa shape index (κ1) is 9.19. The van der Waals surface area contributed by atoms with E-state index >= 15 is 0 Å². The predicted octanol–water partition coefficient (Wildman–Crippen LogP) is 1.41. The number of aryl methyl sites for hydroxylation is 1. The van der Waals surface area contributed by atoms with Gasteiger partial charge >= 0.3 is 0 Å². The standard InChI is InChI=1S/C10H16N2S/c1-7-3-4-13-10(7)8-5-12(2)6-9(8)11/h3-4,8-9H,5-6,11H2,1-2H3/t8-,9-/m0/s1. The van der Waals surface area contributed by atoms with Crippen LogP contribution >= 0.6 is 11.3 Å². The number of likely N-dealkylation sites (tertiary alicyclic amines) is 1. The number of rotatable bonds is 1. The molecule has 1 aromatic heterocycles. The zero-order chi connectivity index (χ0) is 9.42. The van der Waals surface area contributed by atoms with E-state index in [1.807, 2.05) is 11.3 Å². The maximum atomic E-state index is 6.09. The first-order chi connectivity index (χ1) is 6.18. The van der Waals surface area contributed by atoms with Crippen molar-refractivity contribution < 1.29 is 0 Å². The molecule has 1 saturated heterocycles. The highest BCUT2D eigenvalue weighted by atomic mass is 32.1. The SMILES string of the molecule is Cc1ccsc1[C@H]1CN(C)C[C@@H]1N.